The molecule has 1 amide bonds. The highest BCUT2D eigenvalue weighted by Gasteiger charge is 2.34. The predicted molar refractivity (Wildman–Crippen MR) is 81.4 cm³/mol. The average molecular weight is 303 g/mol. The minimum absolute atomic E-state index is 0.126. The molecule has 0 N–H and O–H groups in total. The molecule has 118 valence electrons. The van der Waals surface area contributed by atoms with E-state index in [1.54, 1.807) is 31.0 Å². The number of rotatable bonds is 4. The van der Waals surface area contributed by atoms with E-state index in [2.05, 4.69) is 16.0 Å². The van der Waals surface area contributed by atoms with Crippen LogP contribution in [0.2, 0.25) is 0 Å². The Hall–Kier alpha value is -2.36. The Morgan fingerprint density at radius 1 is 1.41 bits per heavy atom. The molecule has 0 aromatic carbocycles. The number of nitriles is 1. The molecule has 0 radical (unpaired) electrons. The summed E-state index contributed by atoms with van der Waals surface area (Å²) >= 11 is 0. The molecule has 1 aromatic heterocycles. The van der Waals surface area contributed by atoms with E-state index in [1.165, 1.54) is 0 Å². The Kier molecular flexibility index (Phi) is 4.81. The van der Waals surface area contributed by atoms with Crippen molar-refractivity contribution in [3.8, 4) is 11.9 Å². The molecule has 7 heteroatoms. The van der Waals surface area contributed by atoms with Crippen LogP contribution in [0.5, 0.6) is 5.88 Å². The van der Waals surface area contributed by atoms with Gasteiger partial charge < -0.3 is 14.5 Å². The minimum atomic E-state index is -0.979. The van der Waals surface area contributed by atoms with E-state index in [4.69, 9.17) is 10.00 Å². The zero-order valence-corrected chi connectivity index (χ0v) is 13.2. The number of carbonyl (C=O) groups is 1. The lowest BCUT2D eigenvalue weighted by atomic mass is 9.93. The number of hydrogen-bond acceptors (Lipinski definition) is 6. The van der Waals surface area contributed by atoms with Crippen molar-refractivity contribution in [2.24, 2.45) is 5.41 Å². The summed E-state index contributed by atoms with van der Waals surface area (Å²) in [5.41, 5.74) is -0.979. The number of ether oxygens (including phenoxy) is 1. The van der Waals surface area contributed by atoms with Crippen molar-refractivity contribution >= 4 is 11.9 Å². The van der Waals surface area contributed by atoms with Crippen molar-refractivity contribution in [2.75, 3.05) is 37.7 Å². The van der Waals surface area contributed by atoms with Crippen LogP contribution >= 0.6 is 0 Å². The van der Waals surface area contributed by atoms with Crippen molar-refractivity contribution in [1.29, 1.82) is 5.26 Å². The van der Waals surface area contributed by atoms with Gasteiger partial charge in [-0.3, -0.25) is 4.79 Å². The standard InChI is InChI=1S/C15H21N5O2/c1-4-22-12-5-6-17-14(18-12)20-9-7-19(8-10-20)13(21)15(2,3)11-16/h5-6H,4,7-10H2,1-3H3. The van der Waals surface area contributed by atoms with Crippen LogP contribution < -0.4 is 9.64 Å². The van der Waals surface area contributed by atoms with Crippen LogP contribution in [0.25, 0.3) is 0 Å². The van der Waals surface area contributed by atoms with E-state index in [1.807, 2.05) is 11.8 Å². The molecule has 1 aromatic rings. The van der Waals surface area contributed by atoms with Crippen molar-refractivity contribution < 1.29 is 9.53 Å². The first-order valence-electron chi connectivity index (χ1n) is 7.39. The number of amides is 1. The quantitative estimate of drug-likeness (QED) is 0.827. The van der Waals surface area contributed by atoms with Crippen LogP contribution in [0.1, 0.15) is 20.8 Å². The Labute approximate surface area is 130 Å². The zero-order valence-electron chi connectivity index (χ0n) is 13.2. The highest BCUT2D eigenvalue weighted by molar-refractivity contribution is 5.84. The van der Waals surface area contributed by atoms with Gasteiger partial charge in [-0.15, -0.1) is 0 Å². The van der Waals surface area contributed by atoms with Gasteiger partial charge in [0.15, 0.2) is 0 Å². The second-order valence-electron chi connectivity index (χ2n) is 5.64. The number of piperazine rings is 1. The number of hydrogen-bond donors (Lipinski definition) is 0. The highest BCUT2D eigenvalue weighted by Crippen LogP contribution is 2.20. The number of carbonyl (C=O) groups excluding carboxylic acids is 1. The Bertz CT molecular complexity index is 574. The van der Waals surface area contributed by atoms with E-state index < -0.39 is 5.41 Å². The van der Waals surface area contributed by atoms with Crippen molar-refractivity contribution in [3.63, 3.8) is 0 Å². The van der Waals surface area contributed by atoms with Gasteiger partial charge in [0.2, 0.25) is 17.7 Å². The lowest BCUT2D eigenvalue weighted by Gasteiger charge is -2.36. The summed E-state index contributed by atoms with van der Waals surface area (Å²) in [6.45, 7) is 8.17. The first-order valence-corrected chi connectivity index (χ1v) is 7.39. The molecule has 0 unspecified atom stereocenters. The Morgan fingerprint density at radius 2 is 2.09 bits per heavy atom. The second-order valence-corrected chi connectivity index (χ2v) is 5.64. The van der Waals surface area contributed by atoms with Gasteiger partial charge in [-0.25, -0.2) is 4.98 Å². The maximum absolute atomic E-state index is 12.3. The molecule has 1 saturated heterocycles. The summed E-state index contributed by atoms with van der Waals surface area (Å²) in [5, 5.41) is 9.06. The first-order chi connectivity index (χ1) is 10.5. The smallest absolute Gasteiger partial charge is 0.242 e. The maximum Gasteiger partial charge on any atom is 0.242 e. The third-order valence-electron chi connectivity index (χ3n) is 3.57. The molecule has 0 bridgehead atoms. The number of anilines is 1. The molecular weight excluding hydrogens is 282 g/mol. The summed E-state index contributed by atoms with van der Waals surface area (Å²) in [5.74, 6) is 1.04. The fraction of sp³-hybridized carbons (Fsp3) is 0.600. The second kappa shape index (κ2) is 6.60. The zero-order chi connectivity index (χ0) is 16.2. The van der Waals surface area contributed by atoms with Crippen LogP contribution in [0, 0.1) is 16.7 Å². The van der Waals surface area contributed by atoms with E-state index >= 15 is 0 Å². The molecule has 1 fully saturated rings. The Morgan fingerprint density at radius 3 is 2.68 bits per heavy atom. The van der Waals surface area contributed by atoms with Crippen LogP contribution in [0.3, 0.4) is 0 Å². The van der Waals surface area contributed by atoms with Gasteiger partial charge in [0, 0.05) is 38.4 Å². The Balaban J connectivity index is 1.99. The molecule has 0 saturated carbocycles. The fourth-order valence-corrected chi connectivity index (χ4v) is 2.27. The summed E-state index contributed by atoms with van der Waals surface area (Å²) in [7, 11) is 0. The normalized spacial score (nSPS) is 15.4. The van der Waals surface area contributed by atoms with Gasteiger partial charge >= 0.3 is 0 Å². The lowest BCUT2D eigenvalue weighted by molar-refractivity contribution is -0.137. The maximum atomic E-state index is 12.3. The van der Waals surface area contributed by atoms with Crippen molar-refractivity contribution in [3.05, 3.63) is 12.3 Å². The van der Waals surface area contributed by atoms with Crippen LogP contribution in [-0.2, 0) is 4.79 Å². The molecule has 0 aliphatic carbocycles. The van der Waals surface area contributed by atoms with Crippen LogP contribution in [-0.4, -0.2) is 53.6 Å². The van der Waals surface area contributed by atoms with Gasteiger partial charge in [-0.1, -0.05) is 0 Å². The van der Waals surface area contributed by atoms with Gasteiger partial charge in [-0.2, -0.15) is 10.2 Å². The summed E-state index contributed by atoms with van der Waals surface area (Å²) in [4.78, 5) is 24.6. The van der Waals surface area contributed by atoms with E-state index in [0.717, 1.165) is 0 Å². The van der Waals surface area contributed by atoms with Gasteiger partial charge in [-0.05, 0) is 20.8 Å². The van der Waals surface area contributed by atoms with E-state index in [9.17, 15) is 4.79 Å². The first kappa shape index (κ1) is 16.0. The number of aromatic nitrogens is 2. The molecule has 0 spiro atoms. The monoisotopic (exact) mass is 303 g/mol. The van der Waals surface area contributed by atoms with Crippen molar-refractivity contribution in [1.82, 2.24) is 14.9 Å². The molecule has 0 atom stereocenters. The molecule has 2 heterocycles. The fourth-order valence-electron chi connectivity index (χ4n) is 2.27. The van der Waals surface area contributed by atoms with Crippen molar-refractivity contribution in [2.45, 2.75) is 20.8 Å². The topological polar surface area (TPSA) is 82.4 Å². The highest BCUT2D eigenvalue weighted by atomic mass is 16.5. The summed E-state index contributed by atoms with van der Waals surface area (Å²) < 4.78 is 5.38. The summed E-state index contributed by atoms with van der Waals surface area (Å²) in [6, 6.07) is 3.78. The third-order valence-corrected chi connectivity index (χ3v) is 3.57. The summed E-state index contributed by atoms with van der Waals surface area (Å²) in [6.07, 6.45) is 1.67. The van der Waals surface area contributed by atoms with Gasteiger partial charge in [0.1, 0.15) is 5.41 Å². The molecule has 7 nitrogen and oxygen atoms in total. The molecule has 1 aliphatic heterocycles. The average Bonchev–Trinajstić information content (AvgIpc) is 2.55. The molecule has 22 heavy (non-hydrogen) atoms. The predicted octanol–water partition coefficient (Wildman–Crippen LogP) is 1.07. The van der Waals surface area contributed by atoms with Crippen LogP contribution in [0.15, 0.2) is 12.3 Å². The van der Waals surface area contributed by atoms with Gasteiger partial charge in [0.05, 0.1) is 12.7 Å². The molecule has 1 aliphatic rings. The van der Waals surface area contributed by atoms with E-state index in [0.29, 0.717) is 44.6 Å². The van der Waals surface area contributed by atoms with Crippen LogP contribution in [0.4, 0.5) is 5.95 Å². The number of nitrogens with zero attached hydrogens (tertiary/aromatic N) is 5. The third kappa shape index (κ3) is 3.45. The lowest BCUT2D eigenvalue weighted by Crippen LogP contribution is -2.52. The molecule has 2 rings (SSSR count). The van der Waals surface area contributed by atoms with Gasteiger partial charge in [0.25, 0.3) is 0 Å². The minimum Gasteiger partial charge on any atom is -0.478 e. The largest absolute Gasteiger partial charge is 0.478 e. The SMILES string of the molecule is CCOc1ccnc(N2CCN(C(=O)C(C)(C)C#N)CC2)n1. The molecular formula is C15H21N5O2. The van der Waals surface area contributed by atoms with E-state index in [-0.39, 0.29) is 5.91 Å².